The Morgan fingerprint density at radius 1 is 1.07 bits per heavy atom. The average molecular weight is 407 g/mol. The zero-order valence-corrected chi connectivity index (χ0v) is 17.1. The Labute approximate surface area is 173 Å². The molecule has 29 heavy (non-hydrogen) atoms. The third kappa shape index (κ3) is 5.39. The number of amides is 1. The van der Waals surface area contributed by atoms with Crippen LogP contribution in [0.15, 0.2) is 53.6 Å². The number of nitriles is 1. The number of anilines is 1. The molecule has 3 rings (SSSR count). The van der Waals surface area contributed by atoms with Crippen molar-refractivity contribution in [1.82, 2.24) is 4.98 Å². The monoisotopic (exact) mass is 407 g/mol. The van der Waals surface area contributed by atoms with Crippen molar-refractivity contribution in [3.8, 4) is 17.6 Å². The minimum atomic E-state index is -0.170. The standard InChI is InChI=1S/C22H21N3O3S/c1-3-27-18-7-5-17(6-8-18)24-21(26)14-29-22-16(13-23)11-15-12-19(28-4-2)9-10-20(15)25-22/h5-12H,3-4,14H2,1-2H3,(H,24,26). The van der Waals surface area contributed by atoms with Crippen molar-refractivity contribution in [2.75, 3.05) is 24.3 Å². The molecule has 1 heterocycles. The molecular weight excluding hydrogens is 386 g/mol. The maximum Gasteiger partial charge on any atom is 0.234 e. The van der Waals surface area contributed by atoms with Crippen LogP contribution in [0.2, 0.25) is 0 Å². The van der Waals surface area contributed by atoms with E-state index in [9.17, 15) is 10.1 Å². The molecule has 3 aromatic rings. The first-order valence-electron chi connectivity index (χ1n) is 9.26. The number of benzene rings is 2. The van der Waals surface area contributed by atoms with Crippen molar-refractivity contribution in [3.63, 3.8) is 0 Å². The number of carbonyl (C=O) groups is 1. The number of aromatic nitrogens is 1. The highest BCUT2D eigenvalue weighted by Crippen LogP contribution is 2.27. The summed E-state index contributed by atoms with van der Waals surface area (Å²) in [6.07, 6.45) is 0. The van der Waals surface area contributed by atoms with E-state index in [1.165, 1.54) is 11.8 Å². The second-order valence-electron chi connectivity index (χ2n) is 6.03. The molecule has 0 saturated carbocycles. The number of fused-ring (bicyclic) bond motifs is 1. The highest BCUT2D eigenvalue weighted by molar-refractivity contribution is 8.00. The second kappa shape index (κ2) is 9.80. The molecule has 0 aliphatic heterocycles. The lowest BCUT2D eigenvalue weighted by atomic mass is 10.1. The molecular formula is C22H21N3O3S. The van der Waals surface area contributed by atoms with Crippen LogP contribution in [-0.2, 0) is 4.79 Å². The summed E-state index contributed by atoms with van der Waals surface area (Å²) >= 11 is 1.24. The van der Waals surface area contributed by atoms with Crippen molar-refractivity contribution in [2.45, 2.75) is 18.9 Å². The van der Waals surface area contributed by atoms with Crippen LogP contribution in [0.25, 0.3) is 10.9 Å². The van der Waals surface area contributed by atoms with Gasteiger partial charge in [-0.25, -0.2) is 4.98 Å². The normalized spacial score (nSPS) is 10.4. The lowest BCUT2D eigenvalue weighted by Gasteiger charge is -2.09. The van der Waals surface area contributed by atoms with Gasteiger partial charge in [-0.05, 0) is 62.4 Å². The molecule has 0 atom stereocenters. The van der Waals surface area contributed by atoms with E-state index in [2.05, 4.69) is 16.4 Å². The van der Waals surface area contributed by atoms with Gasteiger partial charge in [-0.15, -0.1) is 0 Å². The Balaban J connectivity index is 1.68. The molecule has 2 aromatic carbocycles. The second-order valence-corrected chi connectivity index (χ2v) is 7.00. The third-order valence-corrected chi connectivity index (χ3v) is 4.96. The summed E-state index contributed by atoms with van der Waals surface area (Å²) in [5.41, 5.74) is 1.88. The molecule has 6 nitrogen and oxygen atoms in total. The van der Waals surface area contributed by atoms with Gasteiger partial charge in [0.2, 0.25) is 5.91 Å². The number of rotatable bonds is 8. The van der Waals surface area contributed by atoms with Gasteiger partial charge in [-0.2, -0.15) is 5.26 Å². The molecule has 0 fully saturated rings. The zero-order valence-electron chi connectivity index (χ0n) is 16.3. The summed E-state index contributed by atoms with van der Waals surface area (Å²) in [5, 5.41) is 13.7. The maximum absolute atomic E-state index is 12.3. The number of carbonyl (C=O) groups excluding carboxylic acids is 1. The Morgan fingerprint density at radius 3 is 2.45 bits per heavy atom. The molecule has 0 bridgehead atoms. The van der Waals surface area contributed by atoms with E-state index in [1.807, 2.05) is 32.0 Å². The predicted octanol–water partition coefficient (Wildman–Crippen LogP) is 4.63. The first-order chi connectivity index (χ1) is 14.1. The van der Waals surface area contributed by atoms with Crippen molar-refractivity contribution in [3.05, 3.63) is 54.1 Å². The minimum Gasteiger partial charge on any atom is -0.494 e. The summed E-state index contributed by atoms with van der Waals surface area (Å²) in [7, 11) is 0. The van der Waals surface area contributed by atoms with Gasteiger partial charge >= 0.3 is 0 Å². The van der Waals surface area contributed by atoms with Crippen molar-refractivity contribution >= 4 is 34.3 Å². The molecule has 0 spiro atoms. The quantitative estimate of drug-likeness (QED) is 0.548. The topological polar surface area (TPSA) is 84.2 Å². The highest BCUT2D eigenvalue weighted by atomic mass is 32.2. The Kier molecular flexibility index (Phi) is 6.93. The van der Waals surface area contributed by atoms with Gasteiger partial charge in [0.25, 0.3) is 0 Å². The van der Waals surface area contributed by atoms with Crippen LogP contribution < -0.4 is 14.8 Å². The lowest BCUT2D eigenvalue weighted by molar-refractivity contribution is -0.113. The largest absolute Gasteiger partial charge is 0.494 e. The summed E-state index contributed by atoms with van der Waals surface area (Å²) in [6, 6.07) is 16.7. The molecule has 0 aliphatic rings. The minimum absolute atomic E-state index is 0.150. The number of hydrogen-bond donors (Lipinski definition) is 1. The van der Waals surface area contributed by atoms with E-state index in [1.54, 1.807) is 30.3 Å². The summed E-state index contributed by atoms with van der Waals surface area (Å²) < 4.78 is 10.9. The molecule has 0 unspecified atom stereocenters. The van der Waals surface area contributed by atoms with E-state index in [0.717, 1.165) is 22.4 Å². The van der Waals surface area contributed by atoms with Gasteiger partial charge in [0.05, 0.1) is 30.0 Å². The highest BCUT2D eigenvalue weighted by Gasteiger charge is 2.11. The number of thioether (sulfide) groups is 1. The van der Waals surface area contributed by atoms with E-state index >= 15 is 0 Å². The van der Waals surface area contributed by atoms with Gasteiger partial charge in [0.1, 0.15) is 22.6 Å². The molecule has 0 aliphatic carbocycles. The summed E-state index contributed by atoms with van der Waals surface area (Å²) in [4.78, 5) is 16.8. The van der Waals surface area contributed by atoms with Gasteiger partial charge in [0.15, 0.2) is 0 Å². The maximum atomic E-state index is 12.3. The molecule has 7 heteroatoms. The molecule has 1 N–H and O–H groups in total. The third-order valence-electron chi connectivity index (χ3n) is 3.97. The van der Waals surface area contributed by atoms with Crippen molar-refractivity contribution < 1.29 is 14.3 Å². The van der Waals surface area contributed by atoms with Crippen LogP contribution in [0.4, 0.5) is 5.69 Å². The fourth-order valence-corrected chi connectivity index (χ4v) is 3.48. The lowest BCUT2D eigenvalue weighted by Crippen LogP contribution is -2.14. The van der Waals surface area contributed by atoms with E-state index in [4.69, 9.17) is 9.47 Å². The number of hydrogen-bond acceptors (Lipinski definition) is 6. The summed E-state index contributed by atoms with van der Waals surface area (Å²) in [6.45, 7) is 5.00. The number of pyridine rings is 1. The van der Waals surface area contributed by atoms with Gasteiger partial charge < -0.3 is 14.8 Å². The van der Waals surface area contributed by atoms with Crippen LogP contribution in [0.5, 0.6) is 11.5 Å². The predicted molar refractivity (Wildman–Crippen MR) is 115 cm³/mol. The average Bonchev–Trinajstić information content (AvgIpc) is 2.73. The smallest absolute Gasteiger partial charge is 0.234 e. The number of ether oxygens (including phenoxy) is 2. The first kappa shape index (κ1) is 20.5. The molecule has 0 saturated heterocycles. The molecule has 1 amide bonds. The van der Waals surface area contributed by atoms with Crippen molar-refractivity contribution in [2.24, 2.45) is 0 Å². The van der Waals surface area contributed by atoms with Crippen LogP contribution in [0.3, 0.4) is 0 Å². The molecule has 1 aromatic heterocycles. The van der Waals surface area contributed by atoms with Gasteiger partial charge in [-0.1, -0.05) is 11.8 Å². The number of nitrogens with one attached hydrogen (secondary N) is 1. The molecule has 0 radical (unpaired) electrons. The van der Waals surface area contributed by atoms with Crippen LogP contribution in [-0.4, -0.2) is 29.9 Å². The van der Waals surface area contributed by atoms with E-state index in [0.29, 0.717) is 29.5 Å². The Morgan fingerprint density at radius 2 is 1.76 bits per heavy atom. The van der Waals surface area contributed by atoms with Gasteiger partial charge in [-0.3, -0.25) is 4.79 Å². The van der Waals surface area contributed by atoms with E-state index < -0.39 is 0 Å². The SMILES string of the molecule is CCOc1ccc(NC(=O)CSc2nc3ccc(OCC)cc3cc2C#N)cc1. The number of nitrogens with zero attached hydrogens (tertiary/aromatic N) is 2. The fourth-order valence-electron chi connectivity index (χ4n) is 2.72. The Hall–Kier alpha value is -3.24. The zero-order chi connectivity index (χ0) is 20.6. The fraction of sp³-hybridized carbons (Fsp3) is 0.227. The van der Waals surface area contributed by atoms with Crippen LogP contribution in [0, 0.1) is 11.3 Å². The van der Waals surface area contributed by atoms with Gasteiger partial charge in [0, 0.05) is 11.1 Å². The first-order valence-corrected chi connectivity index (χ1v) is 10.2. The molecule has 148 valence electrons. The van der Waals surface area contributed by atoms with Crippen LogP contribution in [0.1, 0.15) is 19.4 Å². The summed E-state index contributed by atoms with van der Waals surface area (Å²) in [5.74, 6) is 1.47. The Bertz CT molecular complexity index is 1050. The van der Waals surface area contributed by atoms with Crippen molar-refractivity contribution in [1.29, 1.82) is 5.26 Å². The van der Waals surface area contributed by atoms with E-state index in [-0.39, 0.29) is 11.7 Å². The van der Waals surface area contributed by atoms with Crippen LogP contribution >= 0.6 is 11.8 Å².